The van der Waals surface area contributed by atoms with Crippen LogP contribution >= 0.6 is 11.6 Å². The Hall–Kier alpha value is -2.96. The zero-order valence-electron chi connectivity index (χ0n) is 18.8. The van der Waals surface area contributed by atoms with Gasteiger partial charge in [0.05, 0.1) is 17.8 Å². The highest BCUT2D eigenvalue weighted by atomic mass is 35.5. The lowest BCUT2D eigenvalue weighted by molar-refractivity contribution is -0.137. The molecule has 3 aromatic rings. The summed E-state index contributed by atoms with van der Waals surface area (Å²) in [6.07, 6.45) is -1.91. The van der Waals surface area contributed by atoms with Crippen LogP contribution in [-0.4, -0.2) is 41.3 Å². The molecular formula is C23H21ClF4N4O3S. The van der Waals surface area contributed by atoms with Crippen molar-refractivity contribution in [2.75, 3.05) is 13.1 Å². The molecule has 2 unspecified atom stereocenters. The molecule has 1 fully saturated rings. The number of aryl methyl sites for hydroxylation is 1. The SMILES string of the molecule is Cn1cnc(S(=O)(=O)N2CC(C(=O)NCc3cc(C(F)(F)F)ccc3Cl)C(c3ccc(F)cc3)C2)c1. The van der Waals surface area contributed by atoms with Crippen LogP contribution in [0.4, 0.5) is 17.6 Å². The first-order chi connectivity index (χ1) is 16.9. The monoisotopic (exact) mass is 544 g/mol. The molecule has 4 rings (SSSR count). The van der Waals surface area contributed by atoms with E-state index in [1.165, 1.54) is 41.4 Å². The summed E-state index contributed by atoms with van der Waals surface area (Å²) in [5.74, 6) is -2.58. The van der Waals surface area contributed by atoms with E-state index in [0.29, 0.717) is 5.56 Å². The molecule has 1 aliphatic rings. The molecule has 2 aromatic carbocycles. The van der Waals surface area contributed by atoms with Gasteiger partial charge < -0.3 is 9.88 Å². The van der Waals surface area contributed by atoms with Crippen molar-refractivity contribution in [2.24, 2.45) is 13.0 Å². The van der Waals surface area contributed by atoms with E-state index in [2.05, 4.69) is 10.3 Å². The molecule has 0 aliphatic carbocycles. The topological polar surface area (TPSA) is 84.3 Å². The third-order valence-electron chi connectivity index (χ3n) is 6.03. The summed E-state index contributed by atoms with van der Waals surface area (Å²) in [7, 11) is -2.41. The minimum Gasteiger partial charge on any atom is -0.352 e. The molecule has 1 aliphatic heterocycles. The standard InChI is InChI=1S/C23H21ClF4N4O3S/c1-31-12-21(30-13-31)36(34,35)32-10-18(14-2-5-17(25)6-3-14)19(11-32)22(33)29-9-15-8-16(23(26,27)28)4-7-20(15)24/h2-8,12-13,18-19H,9-11H2,1H3,(H,29,33). The molecule has 13 heteroatoms. The largest absolute Gasteiger partial charge is 0.416 e. The molecule has 0 radical (unpaired) electrons. The van der Waals surface area contributed by atoms with E-state index in [1.807, 2.05) is 0 Å². The number of hydrogen-bond acceptors (Lipinski definition) is 4. The van der Waals surface area contributed by atoms with Crippen LogP contribution in [0.15, 0.2) is 60.0 Å². The lowest BCUT2D eigenvalue weighted by Gasteiger charge is -2.19. The Balaban J connectivity index is 1.59. The number of carbonyl (C=O) groups excluding carboxylic acids is 1. The fourth-order valence-electron chi connectivity index (χ4n) is 4.13. The first-order valence-electron chi connectivity index (χ1n) is 10.7. The van der Waals surface area contributed by atoms with E-state index in [1.54, 1.807) is 7.05 Å². The van der Waals surface area contributed by atoms with Gasteiger partial charge in [0.25, 0.3) is 10.0 Å². The number of sulfonamides is 1. The Morgan fingerprint density at radius 2 is 1.86 bits per heavy atom. The van der Waals surface area contributed by atoms with Crippen molar-refractivity contribution >= 4 is 27.5 Å². The molecule has 0 saturated carbocycles. The van der Waals surface area contributed by atoms with Gasteiger partial charge in [-0.05, 0) is 41.5 Å². The zero-order valence-corrected chi connectivity index (χ0v) is 20.4. The van der Waals surface area contributed by atoms with Gasteiger partial charge >= 0.3 is 6.18 Å². The molecule has 1 aromatic heterocycles. The summed E-state index contributed by atoms with van der Waals surface area (Å²) in [5, 5.41) is 2.45. The maximum Gasteiger partial charge on any atom is 0.416 e. The number of nitrogens with one attached hydrogen (secondary N) is 1. The fraction of sp³-hybridized carbons (Fsp3) is 0.304. The molecule has 7 nitrogen and oxygen atoms in total. The zero-order chi connectivity index (χ0) is 26.3. The van der Waals surface area contributed by atoms with Crippen LogP contribution in [0, 0.1) is 11.7 Å². The van der Waals surface area contributed by atoms with Gasteiger partial charge in [0, 0.05) is 43.8 Å². The van der Waals surface area contributed by atoms with Crippen molar-refractivity contribution < 1.29 is 30.8 Å². The molecule has 2 atom stereocenters. The van der Waals surface area contributed by atoms with Gasteiger partial charge in [0.15, 0.2) is 5.03 Å². The molecule has 1 N–H and O–H groups in total. The normalized spacial score (nSPS) is 18.9. The number of rotatable bonds is 6. The number of benzene rings is 2. The summed E-state index contributed by atoms with van der Waals surface area (Å²) in [6.45, 7) is -0.544. The van der Waals surface area contributed by atoms with E-state index in [4.69, 9.17) is 11.6 Å². The van der Waals surface area contributed by atoms with E-state index in [9.17, 15) is 30.8 Å². The van der Waals surface area contributed by atoms with Crippen LogP contribution in [0.5, 0.6) is 0 Å². The Morgan fingerprint density at radius 1 is 1.17 bits per heavy atom. The van der Waals surface area contributed by atoms with E-state index in [0.717, 1.165) is 22.5 Å². The molecule has 192 valence electrons. The molecule has 1 amide bonds. The second-order valence-corrected chi connectivity index (χ2v) is 10.8. The van der Waals surface area contributed by atoms with Crippen molar-refractivity contribution in [1.82, 2.24) is 19.2 Å². The van der Waals surface area contributed by atoms with Gasteiger partial charge in [-0.2, -0.15) is 17.5 Å². The predicted octanol–water partition coefficient (Wildman–Crippen LogP) is 3.95. The smallest absolute Gasteiger partial charge is 0.352 e. The van der Waals surface area contributed by atoms with Crippen LogP contribution in [0.2, 0.25) is 5.02 Å². The van der Waals surface area contributed by atoms with Crippen LogP contribution < -0.4 is 5.32 Å². The number of alkyl halides is 3. The number of imidazole rings is 1. The molecule has 0 spiro atoms. The molecule has 1 saturated heterocycles. The Kier molecular flexibility index (Phi) is 7.13. The van der Waals surface area contributed by atoms with Gasteiger partial charge in [-0.15, -0.1) is 0 Å². The number of carbonyl (C=O) groups is 1. The average molecular weight is 545 g/mol. The molecule has 36 heavy (non-hydrogen) atoms. The van der Waals surface area contributed by atoms with Gasteiger partial charge in [-0.3, -0.25) is 4.79 Å². The number of aromatic nitrogens is 2. The molecular weight excluding hydrogens is 524 g/mol. The van der Waals surface area contributed by atoms with Crippen molar-refractivity contribution in [3.05, 3.63) is 82.5 Å². The van der Waals surface area contributed by atoms with Crippen LogP contribution in [0.3, 0.4) is 0 Å². The third kappa shape index (κ3) is 5.40. The first kappa shape index (κ1) is 26.1. The highest BCUT2D eigenvalue weighted by Crippen LogP contribution is 2.36. The summed E-state index contributed by atoms with van der Waals surface area (Å²) >= 11 is 6.03. The summed E-state index contributed by atoms with van der Waals surface area (Å²) in [5.41, 5.74) is -0.296. The maximum atomic E-state index is 13.5. The quantitative estimate of drug-likeness (QED) is 0.476. The Labute approximate surface area is 209 Å². The van der Waals surface area contributed by atoms with Crippen LogP contribution in [0.25, 0.3) is 0 Å². The van der Waals surface area contributed by atoms with Crippen molar-refractivity contribution in [1.29, 1.82) is 0 Å². The Bertz CT molecular complexity index is 1380. The summed E-state index contributed by atoms with van der Waals surface area (Å²) in [6, 6.07) is 8.17. The second kappa shape index (κ2) is 9.83. The minimum atomic E-state index is -4.58. The van der Waals surface area contributed by atoms with Crippen molar-refractivity contribution in [3.63, 3.8) is 0 Å². The van der Waals surface area contributed by atoms with Crippen molar-refractivity contribution in [3.8, 4) is 0 Å². The lowest BCUT2D eigenvalue weighted by atomic mass is 9.88. The number of halogens is 5. The first-order valence-corrected chi connectivity index (χ1v) is 12.5. The average Bonchev–Trinajstić information content (AvgIpc) is 3.46. The summed E-state index contributed by atoms with van der Waals surface area (Å²) < 4.78 is 81.6. The predicted molar refractivity (Wildman–Crippen MR) is 123 cm³/mol. The highest BCUT2D eigenvalue weighted by Gasteiger charge is 2.44. The van der Waals surface area contributed by atoms with Crippen molar-refractivity contribution in [2.45, 2.75) is 23.7 Å². The van der Waals surface area contributed by atoms with Crippen LogP contribution in [-0.2, 0) is 34.6 Å². The van der Waals surface area contributed by atoms with E-state index < -0.39 is 45.3 Å². The maximum absolute atomic E-state index is 13.5. The number of hydrogen-bond donors (Lipinski definition) is 1. The van der Waals surface area contributed by atoms with Gasteiger partial charge in [-0.25, -0.2) is 17.8 Å². The molecule has 0 bridgehead atoms. The van der Waals surface area contributed by atoms with E-state index in [-0.39, 0.29) is 35.2 Å². The minimum absolute atomic E-state index is 0.0455. The molecule has 2 heterocycles. The lowest BCUT2D eigenvalue weighted by Crippen LogP contribution is -2.35. The highest BCUT2D eigenvalue weighted by molar-refractivity contribution is 7.89. The number of nitrogens with zero attached hydrogens (tertiary/aromatic N) is 3. The number of amides is 1. The fourth-order valence-corrected chi connectivity index (χ4v) is 5.77. The second-order valence-electron chi connectivity index (χ2n) is 8.49. The van der Waals surface area contributed by atoms with Gasteiger partial charge in [0.1, 0.15) is 5.82 Å². The van der Waals surface area contributed by atoms with E-state index >= 15 is 0 Å². The van der Waals surface area contributed by atoms with Gasteiger partial charge in [0.2, 0.25) is 5.91 Å². The third-order valence-corrected chi connectivity index (χ3v) is 8.12. The van der Waals surface area contributed by atoms with Crippen LogP contribution in [0.1, 0.15) is 22.6 Å². The van der Waals surface area contributed by atoms with Gasteiger partial charge in [-0.1, -0.05) is 23.7 Å². The summed E-state index contributed by atoms with van der Waals surface area (Å²) in [4.78, 5) is 17.1. The Morgan fingerprint density at radius 3 is 2.47 bits per heavy atom.